The molecule has 0 radical (unpaired) electrons. The molecule has 6 nitrogen and oxygen atoms in total. The maximum Gasteiger partial charge on any atom is 0.303 e. The lowest BCUT2D eigenvalue weighted by molar-refractivity contribution is -0.137. The monoisotopic (exact) mass is 437 g/mol. The summed E-state index contributed by atoms with van der Waals surface area (Å²) in [5, 5.41) is 12.2. The lowest BCUT2D eigenvalue weighted by atomic mass is 9.98. The molecule has 4 N–H and O–H groups in total. The number of aromatic nitrogens is 2. The highest BCUT2D eigenvalue weighted by atomic mass is 16.4. The van der Waals surface area contributed by atoms with Crippen molar-refractivity contribution in [2.45, 2.75) is 80.1 Å². The van der Waals surface area contributed by atoms with Crippen LogP contribution in [-0.4, -0.2) is 27.0 Å². The van der Waals surface area contributed by atoms with E-state index in [0.717, 1.165) is 70.0 Å². The van der Waals surface area contributed by atoms with Crippen LogP contribution in [0.1, 0.15) is 85.6 Å². The van der Waals surface area contributed by atoms with E-state index in [1.165, 1.54) is 11.1 Å². The van der Waals surface area contributed by atoms with Gasteiger partial charge in [-0.1, -0.05) is 20.8 Å². The summed E-state index contributed by atoms with van der Waals surface area (Å²) in [5.74, 6) is -0.781. The smallest absolute Gasteiger partial charge is 0.303 e. The van der Waals surface area contributed by atoms with Crippen molar-refractivity contribution >= 4 is 18.0 Å². The van der Waals surface area contributed by atoms with Gasteiger partial charge in [0.2, 0.25) is 0 Å². The van der Waals surface area contributed by atoms with Gasteiger partial charge in [-0.15, -0.1) is 0 Å². The van der Waals surface area contributed by atoms with Gasteiger partial charge in [-0.3, -0.25) is 9.59 Å². The summed E-state index contributed by atoms with van der Waals surface area (Å²) in [6, 6.07) is 0. The SMILES string of the molecule is CCC1=C(C)/C(=C/c2[nH]c(Cc3[nH]c(C)c(C)c3CCC(=O)O)c(CC)c2CC)NC1=O. The Morgan fingerprint density at radius 2 is 1.59 bits per heavy atom. The summed E-state index contributed by atoms with van der Waals surface area (Å²) in [6.07, 6.45) is 5.93. The molecule has 0 spiro atoms. The average Bonchev–Trinajstić information content (AvgIpc) is 3.31. The van der Waals surface area contributed by atoms with E-state index in [1.54, 1.807) is 0 Å². The Balaban J connectivity index is 2.02. The van der Waals surface area contributed by atoms with E-state index < -0.39 is 5.97 Å². The molecule has 2 aromatic heterocycles. The van der Waals surface area contributed by atoms with E-state index in [0.29, 0.717) is 12.8 Å². The molecule has 1 amide bonds. The van der Waals surface area contributed by atoms with Crippen LogP contribution >= 0.6 is 0 Å². The minimum atomic E-state index is -0.779. The van der Waals surface area contributed by atoms with Gasteiger partial charge in [0.05, 0.1) is 0 Å². The first-order chi connectivity index (χ1) is 15.2. The molecule has 1 aliphatic heterocycles. The van der Waals surface area contributed by atoms with E-state index in [-0.39, 0.29) is 12.3 Å². The Labute approximate surface area is 190 Å². The second kappa shape index (κ2) is 9.63. The van der Waals surface area contributed by atoms with E-state index in [4.69, 9.17) is 5.11 Å². The molecule has 2 aromatic rings. The highest BCUT2D eigenvalue weighted by Gasteiger charge is 2.24. The maximum atomic E-state index is 12.3. The lowest BCUT2D eigenvalue weighted by Gasteiger charge is -2.07. The fourth-order valence-electron chi connectivity index (χ4n) is 4.85. The zero-order chi connectivity index (χ0) is 23.6. The number of aromatic amines is 2. The Morgan fingerprint density at radius 1 is 0.938 bits per heavy atom. The Morgan fingerprint density at radius 3 is 2.16 bits per heavy atom. The molecule has 0 unspecified atom stereocenters. The predicted molar refractivity (Wildman–Crippen MR) is 128 cm³/mol. The van der Waals surface area contributed by atoms with Gasteiger partial charge >= 0.3 is 5.97 Å². The molecular formula is C26H35N3O3. The number of carbonyl (C=O) groups is 2. The van der Waals surface area contributed by atoms with Gasteiger partial charge in [0.15, 0.2) is 0 Å². The topological polar surface area (TPSA) is 98.0 Å². The van der Waals surface area contributed by atoms with Crippen molar-refractivity contribution in [1.82, 2.24) is 15.3 Å². The Bertz CT molecular complexity index is 1110. The first-order valence-electron chi connectivity index (χ1n) is 11.6. The molecule has 6 heteroatoms. The molecule has 3 rings (SSSR count). The summed E-state index contributed by atoms with van der Waals surface area (Å²) >= 11 is 0. The third-order valence-corrected chi connectivity index (χ3v) is 6.73. The molecule has 0 saturated carbocycles. The number of amides is 1. The van der Waals surface area contributed by atoms with Crippen molar-refractivity contribution in [3.63, 3.8) is 0 Å². The molecule has 0 aromatic carbocycles. The van der Waals surface area contributed by atoms with Crippen LogP contribution in [0.4, 0.5) is 0 Å². The highest BCUT2D eigenvalue weighted by molar-refractivity contribution is 6.01. The largest absolute Gasteiger partial charge is 0.481 e. The number of H-pyrrole nitrogens is 2. The lowest BCUT2D eigenvalue weighted by Crippen LogP contribution is -2.16. The number of hydrogen-bond acceptors (Lipinski definition) is 2. The minimum absolute atomic E-state index is 0.00259. The van der Waals surface area contributed by atoms with Crippen molar-refractivity contribution in [3.05, 3.63) is 61.9 Å². The van der Waals surface area contributed by atoms with Crippen LogP contribution in [0.15, 0.2) is 16.8 Å². The fraction of sp³-hybridized carbons (Fsp3) is 0.462. The zero-order valence-electron chi connectivity index (χ0n) is 20.1. The van der Waals surface area contributed by atoms with E-state index in [9.17, 15) is 9.59 Å². The van der Waals surface area contributed by atoms with Gasteiger partial charge in [-0.05, 0) is 80.4 Å². The summed E-state index contributed by atoms with van der Waals surface area (Å²) in [7, 11) is 0. The normalized spacial score (nSPS) is 15.2. The van der Waals surface area contributed by atoms with Crippen LogP contribution < -0.4 is 5.32 Å². The standard InChI is InChI=1S/C26H35N3O3/c1-7-17-15(5)21(29-26(17)32)12-22-18(8-2)19(9-3)23(28-22)13-24-20(10-11-25(30)31)14(4)16(6)27-24/h12,27-28H,7-11,13H2,1-6H3,(H,29,32)(H,30,31)/b21-12-. The van der Waals surface area contributed by atoms with Gasteiger partial charge in [-0.2, -0.15) is 0 Å². The van der Waals surface area contributed by atoms with Crippen molar-refractivity contribution in [3.8, 4) is 0 Å². The quantitative estimate of drug-likeness (QED) is 0.449. The number of nitrogens with one attached hydrogen (secondary N) is 3. The fourth-order valence-corrected chi connectivity index (χ4v) is 4.85. The summed E-state index contributed by atoms with van der Waals surface area (Å²) in [6.45, 7) is 12.4. The summed E-state index contributed by atoms with van der Waals surface area (Å²) in [5.41, 5.74) is 11.9. The Kier molecular flexibility index (Phi) is 7.12. The van der Waals surface area contributed by atoms with Gasteiger partial charge in [0, 0.05) is 46.9 Å². The van der Waals surface area contributed by atoms with Crippen molar-refractivity contribution in [1.29, 1.82) is 0 Å². The van der Waals surface area contributed by atoms with E-state index in [2.05, 4.69) is 42.1 Å². The van der Waals surface area contributed by atoms with Crippen LogP contribution in [0, 0.1) is 13.8 Å². The first-order valence-corrected chi connectivity index (χ1v) is 11.6. The number of aryl methyl sites for hydroxylation is 1. The Hall–Kier alpha value is -3.02. The second-order valence-electron chi connectivity index (χ2n) is 8.55. The average molecular weight is 438 g/mol. The molecule has 0 saturated heterocycles. The molecule has 3 heterocycles. The van der Waals surface area contributed by atoms with Crippen LogP contribution in [0.3, 0.4) is 0 Å². The van der Waals surface area contributed by atoms with Crippen molar-refractivity contribution in [2.24, 2.45) is 0 Å². The van der Waals surface area contributed by atoms with Crippen molar-refractivity contribution in [2.75, 3.05) is 0 Å². The number of aliphatic carboxylic acids is 1. The molecule has 0 fully saturated rings. The molecule has 172 valence electrons. The molecule has 32 heavy (non-hydrogen) atoms. The number of carboxylic acid groups (broad SMARTS) is 1. The summed E-state index contributed by atoms with van der Waals surface area (Å²) in [4.78, 5) is 30.5. The third kappa shape index (κ3) is 4.45. The first kappa shape index (κ1) is 23.6. The number of hydrogen-bond donors (Lipinski definition) is 4. The van der Waals surface area contributed by atoms with Gasteiger partial charge in [-0.25, -0.2) is 0 Å². The number of rotatable bonds is 9. The van der Waals surface area contributed by atoms with Crippen LogP contribution in [0.5, 0.6) is 0 Å². The number of carboxylic acids is 1. The molecule has 0 aliphatic carbocycles. The molecular weight excluding hydrogens is 402 g/mol. The number of carbonyl (C=O) groups excluding carboxylic acids is 1. The predicted octanol–water partition coefficient (Wildman–Crippen LogP) is 4.89. The maximum absolute atomic E-state index is 12.3. The highest BCUT2D eigenvalue weighted by Crippen LogP contribution is 2.30. The van der Waals surface area contributed by atoms with Crippen LogP contribution in [0.2, 0.25) is 0 Å². The van der Waals surface area contributed by atoms with E-state index in [1.807, 2.05) is 20.8 Å². The molecule has 0 atom stereocenters. The third-order valence-electron chi connectivity index (χ3n) is 6.73. The second-order valence-corrected chi connectivity index (χ2v) is 8.55. The summed E-state index contributed by atoms with van der Waals surface area (Å²) < 4.78 is 0. The van der Waals surface area contributed by atoms with Crippen LogP contribution in [-0.2, 0) is 35.3 Å². The zero-order valence-corrected chi connectivity index (χ0v) is 20.1. The van der Waals surface area contributed by atoms with Gasteiger partial charge < -0.3 is 20.4 Å². The van der Waals surface area contributed by atoms with Crippen LogP contribution in [0.25, 0.3) is 6.08 Å². The minimum Gasteiger partial charge on any atom is -0.481 e. The van der Waals surface area contributed by atoms with Gasteiger partial charge in [0.1, 0.15) is 0 Å². The van der Waals surface area contributed by atoms with E-state index >= 15 is 0 Å². The molecule has 0 bridgehead atoms. The molecule has 1 aliphatic rings. The number of allylic oxidation sites excluding steroid dienone is 1. The van der Waals surface area contributed by atoms with Gasteiger partial charge in [0.25, 0.3) is 5.91 Å². The van der Waals surface area contributed by atoms with Crippen molar-refractivity contribution < 1.29 is 14.7 Å².